The van der Waals surface area contributed by atoms with Crippen molar-refractivity contribution in [2.75, 3.05) is 6.54 Å². The number of carboxylic acids is 1. The molecular weight excluding hydrogens is 242 g/mol. The molecule has 0 rings (SSSR count). The molecule has 0 aliphatic carbocycles. The van der Waals surface area contributed by atoms with E-state index in [9.17, 15) is 14.4 Å². The van der Waals surface area contributed by atoms with Gasteiger partial charge in [-0.1, -0.05) is 0 Å². The number of carbonyl (C=O) groups is 3. The second kappa shape index (κ2) is 7.49. The Morgan fingerprint density at radius 1 is 1.11 bits per heavy atom. The molecule has 18 heavy (non-hydrogen) atoms. The molecule has 0 aliphatic rings. The number of aliphatic hydroxyl groups excluding tert-OH is 1. The predicted molar refractivity (Wildman–Crippen MR) is 62.9 cm³/mol. The van der Waals surface area contributed by atoms with Gasteiger partial charge in [-0.3, -0.25) is 4.79 Å². The summed E-state index contributed by atoms with van der Waals surface area (Å²) in [7, 11) is 0. The first kappa shape index (κ1) is 16.2. The van der Waals surface area contributed by atoms with Crippen LogP contribution in [0.1, 0.15) is 20.8 Å². The lowest BCUT2D eigenvalue weighted by molar-refractivity contribution is -0.141. The van der Waals surface area contributed by atoms with Crippen molar-refractivity contribution in [2.24, 2.45) is 0 Å². The van der Waals surface area contributed by atoms with Crippen LogP contribution in [0, 0.1) is 0 Å². The van der Waals surface area contributed by atoms with Gasteiger partial charge in [0.05, 0.1) is 12.6 Å². The molecule has 8 nitrogen and oxygen atoms in total. The van der Waals surface area contributed by atoms with E-state index in [1.54, 1.807) is 13.8 Å². The molecule has 0 bridgehead atoms. The number of nitrogens with one attached hydrogen (secondary N) is 3. The molecule has 8 heteroatoms. The van der Waals surface area contributed by atoms with Crippen LogP contribution in [0.4, 0.5) is 4.79 Å². The van der Waals surface area contributed by atoms with Crippen LogP contribution < -0.4 is 16.0 Å². The Hall–Kier alpha value is -1.83. The van der Waals surface area contributed by atoms with Crippen LogP contribution in [-0.4, -0.2) is 52.9 Å². The van der Waals surface area contributed by atoms with Gasteiger partial charge in [0.15, 0.2) is 6.04 Å². The molecule has 0 aliphatic heterocycles. The van der Waals surface area contributed by atoms with Crippen LogP contribution in [0.2, 0.25) is 0 Å². The molecule has 0 aromatic rings. The lowest BCUT2D eigenvalue weighted by atomic mass is 10.2. The maximum Gasteiger partial charge on any atom is 0.328 e. The Kier molecular flexibility index (Phi) is 6.73. The van der Waals surface area contributed by atoms with E-state index in [0.717, 1.165) is 0 Å². The lowest BCUT2D eigenvalue weighted by Crippen LogP contribution is -2.52. The van der Waals surface area contributed by atoms with Crippen molar-refractivity contribution in [3.63, 3.8) is 0 Å². The van der Waals surface area contributed by atoms with Crippen LogP contribution >= 0.6 is 0 Å². The van der Waals surface area contributed by atoms with Gasteiger partial charge in [0.2, 0.25) is 5.91 Å². The highest BCUT2D eigenvalue weighted by molar-refractivity contribution is 5.86. The standard InChI is InChI=1S/C10H19N3O5/c1-5(2)12-7(15)4-11-10(18)13-8(6(3)14)9(16)17/h5-6,8,14H,4H2,1-3H3,(H,12,15)(H,16,17)(H2,11,13,18). The third kappa shape index (κ3) is 6.69. The molecule has 2 unspecified atom stereocenters. The molecule has 5 N–H and O–H groups in total. The van der Waals surface area contributed by atoms with E-state index < -0.39 is 24.1 Å². The summed E-state index contributed by atoms with van der Waals surface area (Å²) in [5.41, 5.74) is 0. The van der Waals surface area contributed by atoms with E-state index in [0.29, 0.717) is 0 Å². The molecule has 3 amide bonds. The first-order chi connectivity index (χ1) is 8.23. The van der Waals surface area contributed by atoms with E-state index in [2.05, 4.69) is 10.6 Å². The van der Waals surface area contributed by atoms with E-state index in [1.165, 1.54) is 6.92 Å². The predicted octanol–water partition coefficient (Wildman–Crippen LogP) is -1.36. The van der Waals surface area contributed by atoms with Gasteiger partial charge < -0.3 is 26.2 Å². The number of carbonyl (C=O) groups excluding carboxylic acids is 2. The zero-order valence-corrected chi connectivity index (χ0v) is 10.6. The zero-order chi connectivity index (χ0) is 14.3. The number of aliphatic carboxylic acids is 1. The molecule has 0 fully saturated rings. The van der Waals surface area contributed by atoms with Gasteiger partial charge in [0, 0.05) is 6.04 Å². The van der Waals surface area contributed by atoms with Crippen LogP contribution in [0.15, 0.2) is 0 Å². The fourth-order valence-corrected chi connectivity index (χ4v) is 1.11. The van der Waals surface area contributed by atoms with Crippen molar-refractivity contribution in [1.29, 1.82) is 0 Å². The van der Waals surface area contributed by atoms with E-state index in [4.69, 9.17) is 10.2 Å². The molecule has 0 saturated carbocycles. The van der Waals surface area contributed by atoms with Gasteiger partial charge in [0.1, 0.15) is 0 Å². The van der Waals surface area contributed by atoms with Crippen molar-refractivity contribution in [3.8, 4) is 0 Å². The summed E-state index contributed by atoms with van der Waals surface area (Å²) in [5.74, 6) is -1.74. The van der Waals surface area contributed by atoms with Crippen LogP contribution in [0.3, 0.4) is 0 Å². The normalized spacial score (nSPS) is 13.6. The van der Waals surface area contributed by atoms with Gasteiger partial charge >= 0.3 is 12.0 Å². The summed E-state index contributed by atoms with van der Waals surface area (Å²) in [4.78, 5) is 33.1. The average molecular weight is 261 g/mol. The van der Waals surface area contributed by atoms with Gasteiger partial charge in [-0.2, -0.15) is 0 Å². The van der Waals surface area contributed by atoms with Gasteiger partial charge in [-0.15, -0.1) is 0 Å². The summed E-state index contributed by atoms with van der Waals surface area (Å²) in [6, 6.07) is -2.30. The quantitative estimate of drug-likeness (QED) is 0.403. The second-order valence-corrected chi connectivity index (χ2v) is 4.11. The fraction of sp³-hybridized carbons (Fsp3) is 0.700. The Labute approximate surface area is 105 Å². The average Bonchev–Trinajstić information content (AvgIpc) is 2.21. The molecule has 2 atom stereocenters. The SMILES string of the molecule is CC(C)NC(=O)CNC(=O)NC(C(=O)O)C(C)O. The fourth-order valence-electron chi connectivity index (χ4n) is 1.11. The summed E-state index contributed by atoms with van der Waals surface area (Å²) in [6.07, 6.45) is -1.24. The zero-order valence-electron chi connectivity index (χ0n) is 10.6. The molecule has 104 valence electrons. The molecule has 0 saturated heterocycles. The summed E-state index contributed by atoms with van der Waals surface area (Å²) in [6.45, 7) is 4.51. The maximum absolute atomic E-state index is 11.3. The number of hydrogen-bond acceptors (Lipinski definition) is 4. The van der Waals surface area contributed by atoms with Crippen molar-refractivity contribution >= 4 is 17.9 Å². The van der Waals surface area contributed by atoms with Crippen molar-refractivity contribution in [1.82, 2.24) is 16.0 Å². The maximum atomic E-state index is 11.3. The summed E-state index contributed by atoms with van der Waals surface area (Å²) in [5, 5.41) is 24.6. The Morgan fingerprint density at radius 3 is 2.06 bits per heavy atom. The first-order valence-electron chi connectivity index (χ1n) is 5.48. The summed E-state index contributed by atoms with van der Waals surface area (Å²) >= 11 is 0. The highest BCUT2D eigenvalue weighted by Gasteiger charge is 2.24. The minimum absolute atomic E-state index is 0.0495. The van der Waals surface area contributed by atoms with Crippen LogP contribution in [-0.2, 0) is 9.59 Å². The third-order valence-electron chi connectivity index (χ3n) is 1.89. The monoisotopic (exact) mass is 261 g/mol. The largest absolute Gasteiger partial charge is 0.480 e. The number of urea groups is 1. The molecule has 0 heterocycles. The van der Waals surface area contributed by atoms with Crippen molar-refractivity contribution < 1.29 is 24.6 Å². The van der Waals surface area contributed by atoms with Crippen LogP contribution in [0.5, 0.6) is 0 Å². The van der Waals surface area contributed by atoms with E-state index in [1.807, 2.05) is 5.32 Å². The van der Waals surface area contributed by atoms with Crippen LogP contribution in [0.25, 0.3) is 0 Å². The second-order valence-electron chi connectivity index (χ2n) is 4.11. The first-order valence-corrected chi connectivity index (χ1v) is 5.48. The molecule has 0 aromatic heterocycles. The number of carboxylic acid groups (broad SMARTS) is 1. The topological polar surface area (TPSA) is 128 Å². The van der Waals surface area contributed by atoms with Gasteiger partial charge in [0.25, 0.3) is 0 Å². The number of hydrogen-bond donors (Lipinski definition) is 5. The number of aliphatic hydroxyl groups is 1. The third-order valence-corrected chi connectivity index (χ3v) is 1.89. The minimum atomic E-state index is -1.42. The Morgan fingerprint density at radius 2 is 1.67 bits per heavy atom. The van der Waals surface area contributed by atoms with E-state index in [-0.39, 0.29) is 18.5 Å². The lowest BCUT2D eigenvalue weighted by Gasteiger charge is -2.17. The molecule has 0 spiro atoms. The highest BCUT2D eigenvalue weighted by atomic mass is 16.4. The Balaban J connectivity index is 4.11. The van der Waals surface area contributed by atoms with Gasteiger partial charge in [-0.05, 0) is 20.8 Å². The molecular formula is C10H19N3O5. The van der Waals surface area contributed by atoms with Gasteiger partial charge in [-0.25, -0.2) is 9.59 Å². The highest BCUT2D eigenvalue weighted by Crippen LogP contribution is 1.92. The van der Waals surface area contributed by atoms with E-state index >= 15 is 0 Å². The molecule has 0 aromatic carbocycles. The number of rotatable bonds is 6. The number of amides is 3. The minimum Gasteiger partial charge on any atom is -0.480 e. The summed E-state index contributed by atoms with van der Waals surface area (Å²) < 4.78 is 0. The van der Waals surface area contributed by atoms with Crippen molar-refractivity contribution in [2.45, 2.75) is 39.0 Å². The Bertz CT molecular complexity index is 317. The van der Waals surface area contributed by atoms with Crippen molar-refractivity contribution in [3.05, 3.63) is 0 Å². The molecule has 0 radical (unpaired) electrons. The smallest absolute Gasteiger partial charge is 0.328 e.